The van der Waals surface area contributed by atoms with E-state index in [0.717, 1.165) is 36.2 Å². The molecule has 0 amide bonds. The van der Waals surface area contributed by atoms with Crippen molar-refractivity contribution < 1.29 is 4.42 Å². The molecule has 0 radical (unpaired) electrons. The van der Waals surface area contributed by atoms with Crippen molar-refractivity contribution in [3.63, 3.8) is 0 Å². The van der Waals surface area contributed by atoms with Crippen LogP contribution in [0, 0.1) is 6.92 Å². The van der Waals surface area contributed by atoms with E-state index in [9.17, 15) is 0 Å². The van der Waals surface area contributed by atoms with Crippen LogP contribution in [0.1, 0.15) is 33.4 Å². The molecule has 0 spiro atoms. The molecule has 3 aromatic heterocycles. The van der Waals surface area contributed by atoms with Crippen LogP contribution in [0.15, 0.2) is 51.5 Å². The summed E-state index contributed by atoms with van der Waals surface area (Å²) in [5.41, 5.74) is 0. The number of halogens is 1. The Labute approximate surface area is 185 Å². The highest BCUT2D eigenvalue weighted by molar-refractivity contribution is 14.0. The van der Waals surface area contributed by atoms with E-state index in [4.69, 9.17) is 9.41 Å². The second kappa shape index (κ2) is 11.5. The molecule has 0 aliphatic rings. The van der Waals surface area contributed by atoms with Crippen LogP contribution in [-0.4, -0.2) is 24.0 Å². The predicted octanol–water partition coefficient (Wildman–Crippen LogP) is 4.81. The maximum absolute atomic E-state index is 5.39. The molecule has 3 aromatic rings. The summed E-state index contributed by atoms with van der Waals surface area (Å²) in [7, 11) is 0. The maximum Gasteiger partial charge on any atom is 0.191 e. The zero-order chi connectivity index (χ0) is 18.2. The van der Waals surface area contributed by atoms with E-state index in [1.54, 1.807) is 28.9 Å². The minimum Gasteiger partial charge on any atom is -0.469 e. The molecular weight excluding hydrogens is 491 g/mol. The van der Waals surface area contributed by atoms with Crippen molar-refractivity contribution in [1.29, 1.82) is 0 Å². The van der Waals surface area contributed by atoms with Crippen molar-refractivity contribution in [3.05, 3.63) is 62.6 Å². The summed E-state index contributed by atoms with van der Waals surface area (Å²) in [5.74, 6) is 2.14. The van der Waals surface area contributed by atoms with Gasteiger partial charge in [-0.3, -0.25) is 0 Å². The summed E-state index contributed by atoms with van der Waals surface area (Å²) in [4.78, 5) is 11.7. The van der Waals surface area contributed by atoms with Gasteiger partial charge in [-0.2, -0.15) is 0 Å². The summed E-state index contributed by atoms with van der Waals surface area (Å²) < 4.78 is 5.39. The second-order valence-corrected chi connectivity index (χ2v) is 8.39. The molecule has 1 atom stereocenters. The minimum absolute atomic E-state index is 0. The number of thiazole rings is 1. The Morgan fingerprint density at radius 3 is 2.85 bits per heavy atom. The number of hydrogen-bond acceptors (Lipinski definition) is 5. The molecule has 8 heteroatoms. The fraction of sp³-hybridized carbons (Fsp3) is 0.368. The molecule has 0 fully saturated rings. The van der Waals surface area contributed by atoms with Crippen LogP contribution in [0.4, 0.5) is 0 Å². The average Bonchev–Trinajstić information content (AvgIpc) is 3.39. The minimum atomic E-state index is 0. The lowest BCUT2D eigenvalue weighted by Crippen LogP contribution is -2.40. The van der Waals surface area contributed by atoms with Gasteiger partial charge in [0.15, 0.2) is 5.96 Å². The van der Waals surface area contributed by atoms with Gasteiger partial charge in [0, 0.05) is 41.4 Å². The summed E-state index contributed by atoms with van der Waals surface area (Å²) in [6.45, 7) is 6.52. The fourth-order valence-corrected chi connectivity index (χ4v) is 3.88. The Bertz CT molecular complexity index is 800. The highest BCUT2D eigenvalue weighted by Gasteiger charge is 2.10. The summed E-state index contributed by atoms with van der Waals surface area (Å²) in [6, 6.07) is 8.07. The van der Waals surface area contributed by atoms with Crippen LogP contribution in [0.2, 0.25) is 0 Å². The Morgan fingerprint density at radius 1 is 1.30 bits per heavy atom. The Balaban J connectivity index is 0.00000261. The van der Waals surface area contributed by atoms with Gasteiger partial charge in [0.2, 0.25) is 0 Å². The zero-order valence-electron chi connectivity index (χ0n) is 15.5. The quantitative estimate of drug-likeness (QED) is 0.257. The van der Waals surface area contributed by atoms with Crippen LogP contribution >= 0.6 is 46.7 Å². The lowest BCUT2D eigenvalue weighted by Gasteiger charge is -2.15. The highest BCUT2D eigenvalue weighted by atomic mass is 127. The number of aliphatic imine (C=N–C) groups is 1. The third kappa shape index (κ3) is 7.27. The molecule has 5 nitrogen and oxygen atoms in total. The maximum atomic E-state index is 5.39. The molecule has 3 heterocycles. The van der Waals surface area contributed by atoms with Crippen molar-refractivity contribution in [1.82, 2.24) is 15.6 Å². The van der Waals surface area contributed by atoms with Crippen LogP contribution in [-0.2, 0) is 13.0 Å². The summed E-state index contributed by atoms with van der Waals surface area (Å²) in [6.07, 6.45) is 4.47. The number of nitrogens with one attached hydrogen (secondary N) is 2. The normalized spacial score (nSPS) is 12.4. The molecule has 0 aliphatic carbocycles. The van der Waals surface area contributed by atoms with Gasteiger partial charge >= 0.3 is 0 Å². The summed E-state index contributed by atoms with van der Waals surface area (Å²) in [5, 5.41) is 10.1. The van der Waals surface area contributed by atoms with E-state index in [1.807, 2.05) is 18.3 Å². The van der Waals surface area contributed by atoms with Gasteiger partial charge in [-0.15, -0.1) is 46.7 Å². The molecule has 0 bridgehead atoms. The first kappa shape index (κ1) is 21.9. The lowest BCUT2D eigenvalue weighted by atomic mass is 10.2. The van der Waals surface area contributed by atoms with Crippen LogP contribution in [0.25, 0.3) is 0 Å². The van der Waals surface area contributed by atoms with Gasteiger partial charge in [0.25, 0.3) is 0 Å². The van der Waals surface area contributed by atoms with Crippen molar-refractivity contribution >= 4 is 52.6 Å². The monoisotopic (exact) mass is 516 g/mol. The molecule has 0 saturated heterocycles. The van der Waals surface area contributed by atoms with Crippen molar-refractivity contribution in [2.75, 3.05) is 13.1 Å². The topological polar surface area (TPSA) is 62.5 Å². The number of rotatable bonds is 8. The van der Waals surface area contributed by atoms with Crippen LogP contribution in [0.5, 0.6) is 0 Å². The summed E-state index contributed by atoms with van der Waals surface area (Å²) >= 11 is 3.48. The van der Waals surface area contributed by atoms with Crippen LogP contribution in [0.3, 0.4) is 0 Å². The van der Waals surface area contributed by atoms with E-state index in [-0.39, 0.29) is 24.0 Å². The first-order valence-corrected chi connectivity index (χ1v) is 10.4. The average molecular weight is 516 g/mol. The largest absolute Gasteiger partial charge is 0.469 e. The van der Waals surface area contributed by atoms with E-state index < -0.39 is 0 Å². The number of nitrogens with zero attached hydrogens (tertiary/aromatic N) is 2. The zero-order valence-corrected chi connectivity index (χ0v) is 19.4. The van der Waals surface area contributed by atoms with Crippen molar-refractivity contribution in [2.24, 2.45) is 4.99 Å². The molecule has 0 saturated carbocycles. The smallest absolute Gasteiger partial charge is 0.191 e. The number of hydrogen-bond donors (Lipinski definition) is 2. The van der Waals surface area contributed by atoms with Crippen molar-refractivity contribution in [2.45, 2.75) is 32.7 Å². The molecular formula is C19H25IN4OS2. The molecule has 27 heavy (non-hydrogen) atoms. The van der Waals surface area contributed by atoms with Crippen molar-refractivity contribution in [3.8, 4) is 0 Å². The first-order chi connectivity index (χ1) is 12.7. The molecule has 3 rings (SSSR count). The van der Waals surface area contributed by atoms with E-state index in [2.05, 4.69) is 47.0 Å². The molecule has 0 aliphatic heterocycles. The standard InChI is InChI=1S/C19H24N4OS2.HI/c1-14(18-21-12-15(2)26-18)11-22-19(23-13-17-6-4-10-25-17)20-8-7-16-5-3-9-24-16;/h3-6,9-10,12,14H,7-8,11,13H2,1-2H3,(H2,20,22,23);1H. The molecule has 0 aromatic carbocycles. The SMILES string of the molecule is Cc1cnc(C(C)CNC(=NCc2cccs2)NCCc2ccco2)s1.I. The number of aromatic nitrogens is 1. The van der Waals surface area contributed by atoms with E-state index >= 15 is 0 Å². The van der Waals surface area contributed by atoms with Gasteiger partial charge in [-0.1, -0.05) is 13.0 Å². The Morgan fingerprint density at radius 2 is 2.19 bits per heavy atom. The second-order valence-electron chi connectivity index (χ2n) is 6.09. The third-order valence-corrected chi connectivity index (χ3v) is 5.86. The number of guanidine groups is 1. The third-order valence-electron chi connectivity index (χ3n) is 3.85. The van der Waals surface area contributed by atoms with Gasteiger partial charge < -0.3 is 15.1 Å². The van der Waals surface area contributed by atoms with E-state index in [0.29, 0.717) is 12.5 Å². The molecule has 146 valence electrons. The van der Waals surface area contributed by atoms with E-state index in [1.165, 1.54) is 9.75 Å². The van der Waals surface area contributed by atoms with Gasteiger partial charge in [-0.25, -0.2) is 9.98 Å². The molecule has 2 N–H and O–H groups in total. The number of thiophene rings is 1. The first-order valence-electron chi connectivity index (χ1n) is 8.70. The number of furan rings is 1. The highest BCUT2D eigenvalue weighted by Crippen LogP contribution is 2.20. The van der Waals surface area contributed by atoms with Gasteiger partial charge in [0.1, 0.15) is 5.76 Å². The number of aryl methyl sites for hydroxylation is 1. The van der Waals surface area contributed by atoms with Crippen LogP contribution < -0.4 is 10.6 Å². The Hall–Kier alpha value is -1.39. The van der Waals surface area contributed by atoms with Gasteiger partial charge in [-0.05, 0) is 30.5 Å². The fourth-order valence-electron chi connectivity index (χ4n) is 2.43. The molecule has 1 unspecified atom stereocenters. The Kier molecular flexibility index (Phi) is 9.29. The van der Waals surface area contributed by atoms with Gasteiger partial charge in [0.05, 0.1) is 17.8 Å². The predicted molar refractivity (Wildman–Crippen MR) is 125 cm³/mol. The lowest BCUT2D eigenvalue weighted by molar-refractivity contribution is 0.506.